The first-order valence-electron chi connectivity index (χ1n) is 12.0. The van der Waals surface area contributed by atoms with Crippen molar-refractivity contribution < 1.29 is 8.85 Å². The summed E-state index contributed by atoms with van der Waals surface area (Å²) >= 11 is 0. The van der Waals surface area contributed by atoms with E-state index < -0.39 is 18.6 Å². The van der Waals surface area contributed by atoms with E-state index in [4.69, 9.17) is 8.85 Å². The van der Waals surface area contributed by atoms with Crippen LogP contribution in [0.25, 0.3) is 0 Å². The molecule has 0 amide bonds. The molecule has 0 aromatic rings. The highest BCUT2D eigenvalue weighted by molar-refractivity contribution is 6.93. The van der Waals surface area contributed by atoms with Gasteiger partial charge in [0.1, 0.15) is 0 Å². The first-order valence-corrected chi connectivity index (χ1v) is 17.2. The summed E-state index contributed by atoms with van der Waals surface area (Å²) in [6, 6.07) is 0. The van der Waals surface area contributed by atoms with Crippen LogP contribution in [0.15, 0.2) is 0 Å². The Morgan fingerprint density at radius 2 is 0.926 bits per heavy atom. The maximum Gasteiger partial charge on any atom is 0.175 e. The lowest BCUT2D eigenvalue weighted by Gasteiger charge is -2.46. The van der Waals surface area contributed by atoms with Crippen LogP contribution in [-0.4, -0.2) is 29.8 Å². The van der Waals surface area contributed by atoms with Crippen molar-refractivity contribution in [1.82, 2.24) is 0 Å². The zero-order chi connectivity index (χ0) is 20.9. The molecule has 0 aliphatic carbocycles. The predicted octanol–water partition coefficient (Wildman–Crippen LogP) is 6.12. The van der Waals surface area contributed by atoms with Gasteiger partial charge in [-0.1, -0.05) is 101 Å². The van der Waals surface area contributed by atoms with Gasteiger partial charge in [-0.05, 0) is 37.0 Å². The number of unbranched alkanes of at least 4 members (excludes halogenated alkanes) is 3. The lowest BCUT2D eigenvalue weighted by molar-refractivity contribution is -0.0583. The fourth-order valence-corrected chi connectivity index (χ4v) is 10.3. The van der Waals surface area contributed by atoms with E-state index in [1.54, 1.807) is 0 Å². The molecular formula is C23H52O2Si2. The molecule has 0 saturated heterocycles. The molecule has 0 unspecified atom stereocenters. The van der Waals surface area contributed by atoms with E-state index in [9.17, 15) is 0 Å². The number of rotatable bonds is 17. The summed E-state index contributed by atoms with van der Waals surface area (Å²) in [5, 5.41) is 0. The second-order valence-electron chi connectivity index (χ2n) is 9.51. The number of hydrogen-bond acceptors (Lipinski definition) is 2. The Morgan fingerprint density at radius 1 is 0.593 bits per heavy atom. The Balaban J connectivity index is 5.02. The molecule has 0 saturated carbocycles. The third-order valence-electron chi connectivity index (χ3n) is 6.51. The Morgan fingerprint density at radius 3 is 1.22 bits per heavy atom. The van der Waals surface area contributed by atoms with Gasteiger partial charge in [0.25, 0.3) is 0 Å². The van der Waals surface area contributed by atoms with Crippen LogP contribution >= 0.6 is 0 Å². The van der Waals surface area contributed by atoms with Gasteiger partial charge in [-0.15, -0.1) is 0 Å². The van der Waals surface area contributed by atoms with Crippen molar-refractivity contribution >= 4 is 18.6 Å². The molecule has 0 spiro atoms. The molecule has 0 N–H and O–H groups in total. The average molecular weight is 417 g/mol. The van der Waals surface area contributed by atoms with Gasteiger partial charge in [-0.3, -0.25) is 0 Å². The van der Waals surface area contributed by atoms with Gasteiger partial charge < -0.3 is 8.85 Å². The maximum absolute atomic E-state index is 6.85. The molecule has 0 rings (SSSR count). The summed E-state index contributed by atoms with van der Waals surface area (Å²) in [4.78, 5) is 0. The summed E-state index contributed by atoms with van der Waals surface area (Å²) in [6.07, 6.45) is 11.5. The standard InChI is InChI=1S/C23H52O2Si2/c1-10-13-16-22(17-14-11-2,18-15-12-3)24-26-27-25-23(19(4)5,20(6)7)21(8)9/h19-21H,10-18,26-27H2,1-9H3. The van der Waals surface area contributed by atoms with Gasteiger partial charge in [0, 0.05) is 0 Å². The Bertz CT molecular complexity index is 313. The van der Waals surface area contributed by atoms with Crippen LogP contribution in [0, 0.1) is 17.8 Å². The van der Waals surface area contributed by atoms with Gasteiger partial charge in [0.05, 0.1) is 11.2 Å². The van der Waals surface area contributed by atoms with Crippen molar-refractivity contribution in [2.24, 2.45) is 17.8 Å². The minimum Gasteiger partial charge on any atom is -0.420 e. The van der Waals surface area contributed by atoms with Crippen LogP contribution in [0.5, 0.6) is 0 Å². The predicted molar refractivity (Wildman–Crippen MR) is 128 cm³/mol. The summed E-state index contributed by atoms with van der Waals surface area (Å²) < 4.78 is 13.6. The molecule has 0 aliphatic rings. The molecule has 0 aromatic carbocycles. The lowest BCUT2D eigenvalue weighted by Crippen LogP contribution is -2.50. The topological polar surface area (TPSA) is 18.5 Å². The van der Waals surface area contributed by atoms with Gasteiger partial charge >= 0.3 is 0 Å². The molecule has 0 aromatic heterocycles. The van der Waals surface area contributed by atoms with E-state index in [0.29, 0.717) is 17.8 Å². The second-order valence-corrected chi connectivity index (χ2v) is 13.4. The molecule has 4 heteroatoms. The van der Waals surface area contributed by atoms with Crippen LogP contribution < -0.4 is 0 Å². The fraction of sp³-hybridized carbons (Fsp3) is 1.00. The molecule has 164 valence electrons. The molecule has 0 fully saturated rings. The van der Waals surface area contributed by atoms with Crippen LogP contribution in [0.3, 0.4) is 0 Å². The van der Waals surface area contributed by atoms with E-state index in [1.807, 2.05) is 0 Å². The van der Waals surface area contributed by atoms with E-state index in [-0.39, 0.29) is 11.2 Å². The number of hydrogen-bond donors (Lipinski definition) is 0. The maximum atomic E-state index is 6.85. The third-order valence-corrected chi connectivity index (χ3v) is 9.92. The van der Waals surface area contributed by atoms with Gasteiger partial charge in [0.2, 0.25) is 0 Å². The molecule has 0 aliphatic heterocycles. The monoisotopic (exact) mass is 416 g/mol. The summed E-state index contributed by atoms with van der Waals surface area (Å²) in [5.74, 6) is 1.68. The van der Waals surface area contributed by atoms with Gasteiger partial charge in [-0.25, -0.2) is 0 Å². The Labute approximate surface area is 176 Å². The van der Waals surface area contributed by atoms with E-state index in [1.165, 1.54) is 57.8 Å². The fourth-order valence-electron chi connectivity index (χ4n) is 5.06. The summed E-state index contributed by atoms with van der Waals surface area (Å²) in [5.41, 5.74) is 0.197. The smallest absolute Gasteiger partial charge is 0.175 e. The zero-order valence-electron chi connectivity index (χ0n) is 20.3. The molecule has 0 heterocycles. The molecule has 27 heavy (non-hydrogen) atoms. The van der Waals surface area contributed by atoms with Gasteiger partial charge in [0.15, 0.2) is 18.6 Å². The first kappa shape index (κ1) is 27.4. The van der Waals surface area contributed by atoms with E-state index in [0.717, 1.165) is 0 Å². The van der Waals surface area contributed by atoms with Crippen molar-refractivity contribution in [2.45, 2.75) is 131 Å². The van der Waals surface area contributed by atoms with Crippen molar-refractivity contribution in [3.8, 4) is 0 Å². The Hall–Kier alpha value is 0.354. The minimum absolute atomic E-state index is 0.0293. The quantitative estimate of drug-likeness (QED) is 0.210. The SMILES string of the molecule is CCCCC(CCCC)(CCCC)O[SiH2][SiH2]OC(C(C)C)(C(C)C)C(C)C. The van der Waals surface area contributed by atoms with Crippen LogP contribution in [0.4, 0.5) is 0 Å². The second kappa shape index (κ2) is 14.4. The van der Waals surface area contributed by atoms with Crippen LogP contribution in [-0.2, 0) is 8.85 Å². The largest absolute Gasteiger partial charge is 0.420 e. The average Bonchev–Trinajstić information content (AvgIpc) is 2.61. The Kier molecular flexibility index (Phi) is 14.5. The molecule has 2 nitrogen and oxygen atoms in total. The van der Waals surface area contributed by atoms with Gasteiger partial charge in [-0.2, -0.15) is 0 Å². The highest BCUT2D eigenvalue weighted by Crippen LogP contribution is 2.37. The molecule has 0 atom stereocenters. The normalized spacial score (nSPS) is 14.2. The van der Waals surface area contributed by atoms with Crippen molar-refractivity contribution in [3.05, 3.63) is 0 Å². The van der Waals surface area contributed by atoms with Crippen molar-refractivity contribution in [2.75, 3.05) is 0 Å². The molecule has 0 radical (unpaired) electrons. The van der Waals surface area contributed by atoms with Crippen LogP contribution in [0.1, 0.15) is 120 Å². The summed E-state index contributed by atoms with van der Waals surface area (Å²) in [6.45, 7) is 21.0. The summed E-state index contributed by atoms with van der Waals surface area (Å²) in [7, 11) is -1.09. The van der Waals surface area contributed by atoms with E-state index >= 15 is 0 Å². The molecular weight excluding hydrogens is 364 g/mol. The molecule has 0 bridgehead atoms. The minimum atomic E-state index is -0.554. The highest BCUT2D eigenvalue weighted by atomic mass is 29.2. The van der Waals surface area contributed by atoms with Crippen molar-refractivity contribution in [1.29, 1.82) is 0 Å². The highest BCUT2D eigenvalue weighted by Gasteiger charge is 2.41. The van der Waals surface area contributed by atoms with Crippen LogP contribution in [0.2, 0.25) is 0 Å². The van der Waals surface area contributed by atoms with Crippen molar-refractivity contribution in [3.63, 3.8) is 0 Å². The lowest BCUT2D eigenvalue weighted by atomic mass is 9.73. The zero-order valence-corrected chi connectivity index (χ0v) is 23.2. The first-order chi connectivity index (χ1) is 12.7. The van der Waals surface area contributed by atoms with E-state index in [2.05, 4.69) is 62.3 Å². The third kappa shape index (κ3) is 8.71.